The van der Waals surface area contributed by atoms with Crippen LogP contribution in [-0.4, -0.2) is 26.7 Å². The van der Waals surface area contributed by atoms with Crippen LogP contribution >= 0.6 is 23.1 Å². The van der Waals surface area contributed by atoms with E-state index in [-0.39, 0.29) is 11.7 Å². The van der Waals surface area contributed by atoms with Gasteiger partial charge in [-0.3, -0.25) is 4.79 Å². The summed E-state index contributed by atoms with van der Waals surface area (Å²) in [5.41, 5.74) is 4.07. The first-order valence-electron chi connectivity index (χ1n) is 8.65. The summed E-state index contributed by atoms with van der Waals surface area (Å²) in [6.07, 6.45) is 1.61. The third-order valence-corrected chi connectivity index (χ3v) is 5.71. The first kappa shape index (κ1) is 18.4. The lowest BCUT2D eigenvalue weighted by molar-refractivity contribution is -0.694. The first-order valence-corrected chi connectivity index (χ1v) is 10.5. The first-order chi connectivity index (χ1) is 13.7. The van der Waals surface area contributed by atoms with E-state index in [0.717, 1.165) is 22.1 Å². The number of aromatic nitrogens is 4. The van der Waals surface area contributed by atoms with Gasteiger partial charge < -0.3 is 5.32 Å². The van der Waals surface area contributed by atoms with Crippen molar-refractivity contribution in [3.63, 3.8) is 0 Å². The number of para-hydroxylation sites is 1. The summed E-state index contributed by atoms with van der Waals surface area (Å²) in [5.74, 6) is 0.134. The van der Waals surface area contributed by atoms with Gasteiger partial charge >= 0.3 is 5.16 Å². The van der Waals surface area contributed by atoms with Crippen molar-refractivity contribution in [3.8, 4) is 16.9 Å². The molecule has 0 atom stereocenters. The zero-order chi connectivity index (χ0) is 19.3. The van der Waals surface area contributed by atoms with Crippen molar-refractivity contribution >= 4 is 34.1 Å². The molecule has 28 heavy (non-hydrogen) atoms. The molecule has 0 aliphatic heterocycles. The molecule has 4 rings (SSSR count). The number of hydrogen-bond acceptors (Lipinski definition) is 5. The van der Waals surface area contributed by atoms with Crippen molar-refractivity contribution < 1.29 is 9.48 Å². The van der Waals surface area contributed by atoms with E-state index in [0.29, 0.717) is 5.13 Å². The van der Waals surface area contributed by atoms with E-state index in [1.807, 2.05) is 52.5 Å². The van der Waals surface area contributed by atoms with Crippen LogP contribution in [0.1, 0.15) is 5.56 Å². The van der Waals surface area contributed by atoms with E-state index >= 15 is 0 Å². The van der Waals surface area contributed by atoms with E-state index in [1.54, 1.807) is 6.33 Å². The lowest BCUT2D eigenvalue weighted by Crippen LogP contribution is -2.35. The Morgan fingerprint density at radius 1 is 1.18 bits per heavy atom. The second kappa shape index (κ2) is 8.37. The van der Waals surface area contributed by atoms with Gasteiger partial charge in [-0.2, -0.15) is 5.10 Å². The van der Waals surface area contributed by atoms with Crippen molar-refractivity contribution in [2.24, 2.45) is 0 Å². The second-order valence-corrected chi connectivity index (χ2v) is 7.88. The maximum atomic E-state index is 12.3. The van der Waals surface area contributed by atoms with Gasteiger partial charge in [0.25, 0.3) is 0 Å². The van der Waals surface area contributed by atoms with E-state index < -0.39 is 0 Å². The summed E-state index contributed by atoms with van der Waals surface area (Å²) in [6, 6.07) is 18.0. The number of thioether (sulfide) groups is 1. The van der Waals surface area contributed by atoms with E-state index in [4.69, 9.17) is 0 Å². The highest BCUT2D eigenvalue weighted by atomic mass is 32.2. The molecule has 0 radical (unpaired) electrons. The smallest absolute Gasteiger partial charge is 0.301 e. The fourth-order valence-electron chi connectivity index (χ4n) is 2.59. The number of H-pyrrole nitrogens is 1. The van der Waals surface area contributed by atoms with E-state index in [1.165, 1.54) is 28.7 Å². The molecular formula is C20H18N5OS2+. The highest BCUT2D eigenvalue weighted by molar-refractivity contribution is 7.99. The Labute approximate surface area is 170 Å². The van der Waals surface area contributed by atoms with Crippen molar-refractivity contribution in [2.45, 2.75) is 12.1 Å². The van der Waals surface area contributed by atoms with Crippen LogP contribution in [0, 0.1) is 6.92 Å². The largest absolute Gasteiger partial charge is 0.385 e. The predicted molar refractivity (Wildman–Crippen MR) is 112 cm³/mol. The monoisotopic (exact) mass is 408 g/mol. The highest BCUT2D eigenvalue weighted by Crippen LogP contribution is 2.25. The fourth-order valence-corrected chi connectivity index (χ4v) is 4.07. The standard InChI is InChI=1S/C20H17N5OS2/c1-14-7-9-15(10-8-14)17-11-27-19(23-17)24-18(26)12-28-20-21-13-22-25(20)16-5-3-2-4-6-16/h2-11,13H,12H2,1H3,(H,23,24,26)/p+1. The number of anilines is 1. The molecule has 0 spiro atoms. The number of nitrogens with one attached hydrogen (secondary N) is 2. The maximum absolute atomic E-state index is 12.3. The normalized spacial score (nSPS) is 10.8. The van der Waals surface area contributed by atoms with Crippen molar-refractivity contribution in [1.82, 2.24) is 15.1 Å². The summed E-state index contributed by atoms with van der Waals surface area (Å²) in [7, 11) is 0. The number of aromatic amines is 1. The number of aryl methyl sites for hydroxylation is 1. The maximum Gasteiger partial charge on any atom is 0.385 e. The van der Waals surface area contributed by atoms with Gasteiger partial charge in [0.1, 0.15) is 0 Å². The molecule has 0 saturated heterocycles. The average molecular weight is 409 g/mol. The zero-order valence-electron chi connectivity index (χ0n) is 15.1. The van der Waals surface area contributed by atoms with Crippen molar-refractivity contribution in [2.75, 3.05) is 11.1 Å². The molecule has 0 fully saturated rings. The molecule has 6 nitrogen and oxygen atoms in total. The second-order valence-electron chi connectivity index (χ2n) is 6.08. The molecule has 2 aromatic carbocycles. The lowest BCUT2D eigenvalue weighted by Gasteiger charge is -2.00. The third kappa shape index (κ3) is 4.29. The Morgan fingerprint density at radius 3 is 2.75 bits per heavy atom. The number of benzene rings is 2. The molecule has 0 aliphatic carbocycles. The van der Waals surface area contributed by atoms with Gasteiger partial charge in [-0.05, 0) is 35.8 Å². The van der Waals surface area contributed by atoms with E-state index in [9.17, 15) is 4.79 Å². The van der Waals surface area contributed by atoms with Gasteiger partial charge in [0.15, 0.2) is 10.8 Å². The van der Waals surface area contributed by atoms with Crippen LogP contribution in [0.4, 0.5) is 5.13 Å². The molecule has 2 heterocycles. The van der Waals surface area contributed by atoms with Gasteiger partial charge in [-0.1, -0.05) is 48.0 Å². The minimum Gasteiger partial charge on any atom is -0.301 e. The number of hydrogen-bond donors (Lipinski definition) is 2. The average Bonchev–Trinajstić information content (AvgIpc) is 3.37. The molecule has 4 aromatic rings. The molecule has 2 N–H and O–H groups in total. The van der Waals surface area contributed by atoms with Crippen LogP contribution in [-0.2, 0) is 4.79 Å². The van der Waals surface area contributed by atoms with Crippen LogP contribution in [0.2, 0.25) is 0 Å². The molecular weight excluding hydrogens is 390 g/mol. The molecule has 140 valence electrons. The van der Waals surface area contributed by atoms with Gasteiger partial charge in [0.05, 0.1) is 11.4 Å². The Kier molecular flexibility index (Phi) is 5.50. The molecule has 0 saturated carbocycles. The fraction of sp³-hybridized carbons (Fsp3) is 0.100. The number of thiazole rings is 1. The number of carbonyl (C=O) groups excluding carboxylic acids is 1. The van der Waals surface area contributed by atoms with E-state index in [2.05, 4.69) is 39.4 Å². The lowest BCUT2D eigenvalue weighted by atomic mass is 10.1. The minimum absolute atomic E-state index is 0.114. The molecule has 0 unspecified atom stereocenters. The summed E-state index contributed by atoms with van der Waals surface area (Å²) >= 11 is 2.79. The highest BCUT2D eigenvalue weighted by Gasteiger charge is 2.19. The zero-order valence-corrected chi connectivity index (χ0v) is 16.8. The Morgan fingerprint density at radius 2 is 1.96 bits per heavy atom. The number of rotatable bonds is 6. The Balaban J connectivity index is 1.37. The summed E-state index contributed by atoms with van der Waals surface area (Å²) < 4.78 is 1.84. The van der Waals surface area contributed by atoms with Crippen LogP contribution in [0.5, 0.6) is 0 Å². The number of carbonyl (C=O) groups is 1. The third-order valence-electron chi connectivity index (χ3n) is 4.00. The van der Waals surface area contributed by atoms with Crippen LogP contribution in [0.15, 0.2) is 71.5 Å². The SMILES string of the molecule is Cc1ccc(-c2csc(NC(=O)CSc3nc[nH][n+]3-c3ccccc3)n2)cc1. The molecule has 0 bridgehead atoms. The summed E-state index contributed by atoms with van der Waals surface area (Å²) in [5, 5.41) is 9.20. The summed E-state index contributed by atoms with van der Waals surface area (Å²) in [4.78, 5) is 21.1. The van der Waals surface area contributed by atoms with Gasteiger partial charge in [-0.15, -0.1) is 16.0 Å². The molecule has 8 heteroatoms. The van der Waals surface area contributed by atoms with Crippen molar-refractivity contribution in [3.05, 3.63) is 71.9 Å². The van der Waals surface area contributed by atoms with Gasteiger partial charge in [0, 0.05) is 10.9 Å². The minimum atomic E-state index is -0.114. The molecule has 1 amide bonds. The molecule has 0 aliphatic rings. The van der Waals surface area contributed by atoms with Crippen LogP contribution < -0.4 is 10.00 Å². The topological polar surface area (TPSA) is 74.6 Å². The van der Waals surface area contributed by atoms with Crippen molar-refractivity contribution in [1.29, 1.82) is 0 Å². The van der Waals surface area contributed by atoms with Gasteiger partial charge in [0.2, 0.25) is 12.2 Å². The Hall–Kier alpha value is -2.97. The quantitative estimate of drug-likeness (QED) is 0.375. The van der Waals surface area contributed by atoms with Crippen LogP contribution in [0.25, 0.3) is 16.9 Å². The molecule has 2 aromatic heterocycles. The summed E-state index contributed by atoms with van der Waals surface area (Å²) in [6.45, 7) is 2.05. The number of nitrogens with zero attached hydrogens (tertiary/aromatic N) is 3. The Bertz CT molecular complexity index is 1070. The number of amides is 1. The van der Waals surface area contributed by atoms with Gasteiger partial charge in [-0.25, -0.2) is 4.98 Å². The predicted octanol–water partition coefficient (Wildman–Crippen LogP) is 3.85. The van der Waals surface area contributed by atoms with Crippen LogP contribution in [0.3, 0.4) is 0 Å².